The SMILES string of the molecule is O=C1CN(C(=O)CCn2ccc3c(Br)cccc32)CCN1. The van der Waals surface area contributed by atoms with Gasteiger partial charge in [0.25, 0.3) is 0 Å². The van der Waals surface area contributed by atoms with Gasteiger partial charge in [0.15, 0.2) is 0 Å². The zero-order valence-corrected chi connectivity index (χ0v) is 13.1. The minimum atomic E-state index is -0.0788. The Bertz CT molecular complexity index is 695. The van der Waals surface area contributed by atoms with Gasteiger partial charge in [0.05, 0.1) is 6.54 Å². The molecule has 0 atom stereocenters. The molecule has 1 aliphatic heterocycles. The summed E-state index contributed by atoms with van der Waals surface area (Å²) in [5.41, 5.74) is 1.11. The Balaban J connectivity index is 1.67. The van der Waals surface area contributed by atoms with E-state index in [0.717, 1.165) is 15.4 Å². The minimum absolute atomic E-state index is 0.0293. The molecule has 0 aliphatic carbocycles. The molecule has 1 saturated heterocycles. The lowest BCUT2D eigenvalue weighted by atomic mass is 10.2. The van der Waals surface area contributed by atoms with Gasteiger partial charge >= 0.3 is 0 Å². The monoisotopic (exact) mass is 349 g/mol. The Morgan fingerprint density at radius 2 is 2.19 bits per heavy atom. The van der Waals surface area contributed by atoms with E-state index in [2.05, 4.69) is 25.8 Å². The zero-order valence-electron chi connectivity index (χ0n) is 11.5. The number of nitrogens with zero attached hydrogens (tertiary/aromatic N) is 2. The van der Waals surface area contributed by atoms with Gasteiger partial charge in [-0.15, -0.1) is 0 Å². The second kappa shape index (κ2) is 5.89. The van der Waals surface area contributed by atoms with Gasteiger partial charge in [-0.2, -0.15) is 0 Å². The Morgan fingerprint density at radius 3 is 3.00 bits per heavy atom. The molecule has 2 amide bonds. The maximum Gasteiger partial charge on any atom is 0.239 e. The number of amides is 2. The molecule has 0 saturated carbocycles. The van der Waals surface area contributed by atoms with E-state index in [4.69, 9.17) is 0 Å². The summed E-state index contributed by atoms with van der Waals surface area (Å²) in [7, 11) is 0. The summed E-state index contributed by atoms with van der Waals surface area (Å²) in [5, 5.41) is 3.86. The number of aromatic nitrogens is 1. The van der Waals surface area contributed by atoms with E-state index < -0.39 is 0 Å². The lowest BCUT2D eigenvalue weighted by Crippen LogP contribution is -2.50. The first-order chi connectivity index (χ1) is 10.1. The number of rotatable bonds is 3. The molecule has 6 heteroatoms. The van der Waals surface area contributed by atoms with Crippen molar-refractivity contribution in [3.63, 3.8) is 0 Å². The molecule has 2 heterocycles. The van der Waals surface area contributed by atoms with Gasteiger partial charge in [0.2, 0.25) is 11.8 Å². The maximum atomic E-state index is 12.2. The normalized spacial score (nSPS) is 15.3. The Morgan fingerprint density at radius 1 is 1.33 bits per heavy atom. The van der Waals surface area contributed by atoms with Crippen LogP contribution in [0, 0.1) is 0 Å². The molecule has 1 N–H and O–H groups in total. The van der Waals surface area contributed by atoms with Crippen molar-refractivity contribution in [2.45, 2.75) is 13.0 Å². The molecule has 21 heavy (non-hydrogen) atoms. The molecule has 0 spiro atoms. The Kier molecular flexibility index (Phi) is 3.96. The van der Waals surface area contributed by atoms with Crippen LogP contribution in [0.4, 0.5) is 0 Å². The molecular formula is C15H16BrN3O2. The minimum Gasteiger partial charge on any atom is -0.353 e. The van der Waals surface area contributed by atoms with E-state index in [1.807, 2.05) is 30.5 Å². The molecule has 0 unspecified atom stereocenters. The first-order valence-electron chi connectivity index (χ1n) is 6.93. The first kappa shape index (κ1) is 14.1. The number of carbonyl (C=O) groups excluding carboxylic acids is 2. The molecule has 1 fully saturated rings. The molecule has 0 radical (unpaired) electrons. The third-order valence-corrected chi connectivity index (χ3v) is 4.41. The second-order valence-corrected chi connectivity index (χ2v) is 5.95. The van der Waals surface area contributed by atoms with Crippen LogP contribution < -0.4 is 5.32 Å². The first-order valence-corrected chi connectivity index (χ1v) is 7.72. The van der Waals surface area contributed by atoms with Crippen molar-refractivity contribution in [3.05, 3.63) is 34.9 Å². The highest BCUT2D eigenvalue weighted by Crippen LogP contribution is 2.24. The third kappa shape index (κ3) is 2.95. The van der Waals surface area contributed by atoms with Gasteiger partial charge in [-0.05, 0) is 18.2 Å². The van der Waals surface area contributed by atoms with Gasteiger partial charge in [-0.3, -0.25) is 9.59 Å². The average molecular weight is 350 g/mol. The Labute approximate surface area is 131 Å². The van der Waals surface area contributed by atoms with Crippen molar-refractivity contribution in [1.29, 1.82) is 0 Å². The topological polar surface area (TPSA) is 54.3 Å². The van der Waals surface area contributed by atoms with Gasteiger partial charge in [0.1, 0.15) is 0 Å². The summed E-state index contributed by atoms with van der Waals surface area (Å²) in [6.45, 7) is 1.94. The van der Waals surface area contributed by atoms with Crippen molar-refractivity contribution in [2.75, 3.05) is 19.6 Å². The molecule has 5 nitrogen and oxygen atoms in total. The summed E-state index contributed by atoms with van der Waals surface area (Å²) in [6, 6.07) is 8.07. The van der Waals surface area contributed by atoms with Gasteiger partial charge in [0, 0.05) is 47.6 Å². The van der Waals surface area contributed by atoms with Crippen molar-refractivity contribution >= 4 is 38.6 Å². The molecule has 110 valence electrons. The number of benzene rings is 1. The standard InChI is InChI=1S/C15H16BrN3O2/c16-12-2-1-3-13-11(12)4-7-18(13)8-5-15(21)19-9-6-17-14(20)10-19/h1-4,7H,5-6,8-10H2,(H,17,20). The largest absolute Gasteiger partial charge is 0.353 e. The average Bonchev–Trinajstić information content (AvgIpc) is 2.89. The maximum absolute atomic E-state index is 12.2. The van der Waals surface area contributed by atoms with Crippen LogP contribution in [0.15, 0.2) is 34.9 Å². The summed E-state index contributed by atoms with van der Waals surface area (Å²) >= 11 is 3.53. The lowest BCUT2D eigenvalue weighted by Gasteiger charge is -2.26. The van der Waals surface area contributed by atoms with E-state index in [9.17, 15) is 9.59 Å². The number of nitrogens with one attached hydrogen (secondary N) is 1. The fraction of sp³-hybridized carbons (Fsp3) is 0.333. The number of halogens is 1. The highest BCUT2D eigenvalue weighted by molar-refractivity contribution is 9.10. The zero-order chi connectivity index (χ0) is 14.8. The predicted octanol–water partition coefficient (Wildman–Crippen LogP) is 1.75. The van der Waals surface area contributed by atoms with E-state index >= 15 is 0 Å². The van der Waals surface area contributed by atoms with Crippen LogP contribution in [-0.2, 0) is 16.1 Å². The molecule has 1 aromatic heterocycles. The number of fused-ring (bicyclic) bond motifs is 1. The summed E-state index contributed by atoms with van der Waals surface area (Å²) in [5.74, 6) is -0.0494. The van der Waals surface area contributed by atoms with Crippen LogP contribution in [-0.4, -0.2) is 40.9 Å². The van der Waals surface area contributed by atoms with E-state index in [1.54, 1.807) is 4.90 Å². The van der Waals surface area contributed by atoms with Crippen LogP contribution in [0.3, 0.4) is 0 Å². The van der Waals surface area contributed by atoms with Crippen molar-refractivity contribution in [3.8, 4) is 0 Å². The highest BCUT2D eigenvalue weighted by Gasteiger charge is 2.20. The number of aryl methyl sites for hydroxylation is 1. The van der Waals surface area contributed by atoms with Crippen molar-refractivity contribution < 1.29 is 9.59 Å². The molecule has 1 aliphatic rings. The fourth-order valence-electron chi connectivity index (χ4n) is 2.61. The number of carbonyl (C=O) groups is 2. The summed E-state index contributed by atoms with van der Waals surface area (Å²) in [4.78, 5) is 25.1. The lowest BCUT2D eigenvalue weighted by molar-refractivity contribution is -0.138. The van der Waals surface area contributed by atoms with Crippen molar-refractivity contribution in [2.24, 2.45) is 0 Å². The predicted molar refractivity (Wildman–Crippen MR) is 83.8 cm³/mol. The van der Waals surface area contributed by atoms with Crippen LogP contribution in [0.2, 0.25) is 0 Å². The van der Waals surface area contributed by atoms with E-state index in [-0.39, 0.29) is 18.4 Å². The fourth-order valence-corrected chi connectivity index (χ4v) is 3.09. The van der Waals surface area contributed by atoms with Crippen LogP contribution in [0.1, 0.15) is 6.42 Å². The summed E-state index contributed by atoms with van der Waals surface area (Å²) in [6.07, 6.45) is 2.40. The van der Waals surface area contributed by atoms with E-state index in [0.29, 0.717) is 26.1 Å². The molecule has 0 bridgehead atoms. The summed E-state index contributed by atoms with van der Waals surface area (Å²) < 4.78 is 3.12. The number of hydrogen-bond donors (Lipinski definition) is 1. The smallest absolute Gasteiger partial charge is 0.239 e. The van der Waals surface area contributed by atoms with Gasteiger partial charge in [-0.1, -0.05) is 22.0 Å². The molecule has 3 rings (SSSR count). The highest BCUT2D eigenvalue weighted by atomic mass is 79.9. The Hall–Kier alpha value is -1.82. The van der Waals surface area contributed by atoms with Gasteiger partial charge in [-0.25, -0.2) is 0 Å². The number of piperazine rings is 1. The number of hydrogen-bond acceptors (Lipinski definition) is 2. The van der Waals surface area contributed by atoms with E-state index in [1.165, 1.54) is 0 Å². The quantitative estimate of drug-likeness (QED) is 0.917. The third-order valence-electron chi connectivity index (χ3n) is 3.72. The van der Waals surface area contributed by atoms with Crippen LogP contribution >= 0.6 is 15.9 Å². The van der Waals surface area contributed by atoms with Crippen molar-refractivity contribution in [1.82, 2.24) is 14.8 Å². The van der Waals surface area contributed by atoms with Crippen LogP contribution in [0.5, 0.6) is 0 Å². The molecule has 2 aromatic rings. The second-order valence-electron chi connectivity index (χ2n) is 5.10. The molecular weight excluding hydrogens is 334 g/mol. The molecule has 1 aromatic carbocycles. The van der Waals surface area contributed by atoms with Gasteiger partial charge < -0.3 is 14.8 Å². The van der Waals surface area contributed by atoms with Crippen LogP contribution in [0.25, 0.3) is 10.9 Å².